The minimum atomic E-state index is -4.17. The van der Waals surface area contributed by atoms with Gasteiger partial charge in [0.15, 0.2) is 11.9 Å². The van der Waals surface area contributed by atoms with Crippen LogP contribution in [0.1, 0.15) is 40.3 Å². The Morgan fingerprint density at radius 3 is 2.60 bits per heavy atom. The van der Waals surface area contributed by atoms with Crippen LogP contribution in [0.3, 0.4) is 0 Å². The number of aromatic amines is 1. The van der Waals surface area contributed by atoms with Crippen LogP contribution in [0.2, 0.25) is 0 Å². The average Bonchev–Trinajstić information content (AvgIpc) is 3.06. The van der Waals surface area contributed by atoms with Crippen molar-refractivity contribution < 1.29 is 32.3 Å². The predicted octanol–water partition coefficient (Wildman–Crippen LogP) is 2.69. The van der Waals surface area contributed by atoms with E-state index in [2.05, 4.69) is 10.1 Å². The van der Waals surface area contributed by atoms with Gasteiger partial charge in [0.05, 0.1) is 18.8 Å². The number of aromatic nitrogens is 2. The van der Waals surface area contributed by atoms with E-state index in [1.54, 1.807) is 44.2 Å². The van der Waals surface area contributed by atoms with Gasteiger partial charge in [-0.05, 0) is 39.8 Å². The van der Waals surface area contributed by atoms with Gasteiger partial charge in [-0.2, -0.15) is 5.09 Å². The van der Waals surface area contributed by atoms with Crippen LogP contribution in [-0.4, -0.2) is 46.0 Å². The summed E-state index contributed by atoms with van der Waals surface area (Å²) < 4.78 is 51.7. The van der Waals surface area contributed by atoms with Crippen LogP contribution in [-0.2, 0) is 23.4 Å². The van der Waals surface area contributed by atoms with Gasteiger partial charge in [0.1, 0.15) is 11.8 Å². The zero-order chi connectivity index (χ0) is 25.8. The number of rotatable bonds is 10. The largest absolute Gasteiger partial charge is 0.462 e. The molecule has 0 saturated carbocycles. The Balaban J connectivity index is 1.75. The number of halogens is 1. The molecule has 0 aliphatic carbocycles. The molecule has 13 heteroatoms. The first-order valence-corrected chi connectivity index (χ1v) is 12.6. The van der Waals surface area contributed by atoms with Gasteiger partial charge in [-0.3, -0.25) is 23.7 Å². The van der Waals surface area contributed by atoms with Crippen molar-refractivity contribution in [2.24, 2.45) is 0 Å². The normalized spacial score (nSPS) is 24.6. The summed E-state index contributed by atoms with van der Waals surface area (Å²) >= 11 is 0. The van der Waals surface area contributed by atoms with Crippen LogP contribution in [0.25, 0.3) is 0 Å². The smallest absolute Gasteiger partial charge is 0.459 e. The number of hydrogen-bond donors (Lipinski definition) is 2. The fourth-order valence-electron chi connectivity index (χ4n) is 3.50. The second-order valence-corrected chi connectivity index (χ2v) is 10.3. The molecule has 0 bridgehead atoms. The van der Waals surface area contributed by atoms with E-state index in [0.29, 0.717) is 0 Å². The van der Waals surface area contributed by atoms with E-state index in [0.717, 1.165) is 16.8 Å². The maximum atomic E-state index is 15.3. The molecule has 0 amide bonds. The molecule has 2 unspecified atom stereocenters. The summed E-state index contributed by atoms with van der Waals surface area (Å²) in [6, 6.07) is 8.20. The summed E-state index contributed by atoms with van der Waals surface area (Å²) in [5.41, 5.74) is -3.45. The van der Waals surface area contributed by atoms with E-state index in [1.165, 1.54) is 13.8 Å². The molecule has 0 spiro atoms. The van der Waals surface area contributed by atoms with Gasteiger partial charge in [0.25, 0.3) is 5.56 Å². The lowest BCUT2D eigenvalue weighted by atomic mass is 10.0. The van der Waals surface area contributed by atoms with Gasteiger partial charge in [0, 0.05) is 18.7 Å². The molecular formula is C22H29FN3O8P. The number of ether oxygens (including phenoxy) is 2. The maximum absolute atomic E-state index is 15.3. The first-order chi connectivity index (χ1) is 16.4. The van der Waals surface area contributed by atoms with Gasteiger partial charge in [-0.1, -0.05) is 18.2 Å². The van der Waals surface area contributed by atoms with E-state index < -0.39 is 49.0 Å². The van der Waals surface area contributed by atoms with Crippen molar-refractivity contribution in [3.8, 4) is 5.75 Å². The minimum Gasteiger partial charge on any atom is -0.462 e. The Labute approximate surface area is 201 Å². The number of para-hydroxylation sites is 1. The Morgan fingerprint density at radius 1 is 1.29 bits per heavy atom. The molecule has 2 N–H and O–H groups in total. The van der Waals surface area contributed by atoms with Crippen molar-refractivity contribution in [1.82, 2.24) is 14.6 Å². The Bertz CT molecular complexity index is 1180. The fraction of sp³-hybridized carbons (Fsp3) is 0.500. The molecule has 5 atom stereocenters. The summed E-state index contributed by atoms with van der Waals surface area (Å²) in [5.74, 6) is -0.445. The number of hydrogen-bond acceptors (Lipinski definition) is 8. The number of carbonyl (C=O) groups is 1. The summed E-state index contributed by atoms with van der Waals surface area (Å²) in [6.07, 6.45) is -1.70. The molecule has 1 fully saturated rings. The van der Waals surface area contributed by atoms with E-state index in [1.807, 2.05) is 0 Å². The fourth-order valence-corrected chi connectivity index (χ4v) is 5.02. The summed E-state index contributed by atoms with van der Waals surface area (Å²) in [4.78, 5) is 37.7. The Morgan fingerprint density at radius 2 is 1.97 bits per heavy atom. The van der Waals surface area contributed by atoms with Crippen LogP contribution in [0, 0.1) is 0 Å². The lowest BCUT2D eigenvalue weighted by molar-refractivity contribution is -0.149. The Kier molecular flexibility index (Phi) is 8.32. The molecule has 3 rings (SSSR count). The molecule has 35 heavy (non-hydrogen) atoms. The average molecular weight is 513 g/mol. The lowest BCUT2D eigenvalue weighted by Crippen LogP contribution is -2.38. The van der Waals surface area contributed by atoms with Crippen LogP contribution in [0.15, 0.2) is 52.2 Å². The number of H-pyrrole nitrogens is 1. The molecule has 1 aromatic carbocycles. The van der Waals surface area contributed by atoms with Crippen LogP contribution in [0.4, 0.5) is 4.39 Å². The Hall–Kier alpha value is -2.79. The topological polar surface area (TPSA) is 138 Å². The number of alkyl halides is 1. The van der Waals surface area contributed by atoms with E-state index in [-0.39, 0.29) is 24.9 Å². The van der Waals surface area contributed by atoms with Crippen LogP contribution < -0.4 is 20.9 Å². The number of nitrogens with zero attached hydrogens (tertiary/aromatic N) is 1. The molecule has 1 saturated heterocycles. The van der Waals surface area contributed by atoms with Gasteiger partial charge >= 0.3 is 19.4 Å². The molecule has 0 radical (unpaired) electrons. The SMILES string of the molecule is CC(C)OC(=O)[C@H](C)NP(=O)(OC[C@@H]1CC(C)(F)[C@H](n2ccc(=O)[nH]c2=O)O1)Oc1ccccc1. The van der Waals surface area contributed by atoms with E-state index in [4.69, 9.17) is 18.5 Å². The van der Waals surface area contributed by atoms with E-state index in [9.17, 15) is 18.9 Å². The van der Waals surface area contributed by atoms with Gasteiger partial charge in [-0.25, -0.2) is 13.8 Å². The molecule has 1 aromatic heterocycles. The van der Waals surface area contributed by atoms with Crippen LogP contribution in [0.5, 0.6) is 5.75 Å². The second kappa shape index (κ2) is 10.9. The molecule has 192 valence electrons. The van der Waals surface area contributed by atoms with Crippen molar-refractivity contribution in [3.63, 3.8) is 0 Å². The van der Waals surface area contributed by atoms with Gasteiger partial charge < -0.3 is 14.0 Å². The van der Waals surface area contributed by atoms with E-state index >= 15 is 4.39 Å². The van der Waals surface area contributed by atoms with Crippen molar-refractivity contribution >= 4 is 13.7 Å². The molecule has 2 aromatic rings. The first-order valence-electron chi connectivity index (χ1n) is 11.0. The highest BCUT2D eigenvalue weighted by atomic mass is 31.2. The standard InChI is InChI=1S/C22H29FN3O8P/c1-14(2)32-19(28)15(3)25-35(30,34-16-8-6-5-7-9-16)31-13-17-12-22(4,23)20(33-17)26-11-10-18(27)24-21(26)29/h5-11,14-15,17,20H,12-13H2,1-4H3,(H,25,30)(H,24,27,29)/t15-,17-,20+,22?,35?/m0/s1. The monoisotopic (exact) mass is 513 g/mol. The lowest BCUT2D eigenvalue weighted by Gasteiger charge is -2.24. The summed E-state index contributed by atoms with van der Waals surface area (Å²) in [6.45, 7) is 5.67. The number of esters is 1. The maximum Gasteiger partial charge on any atom is 0.459 e. The van der Waals surface area contributed by atoms with Crippen molar-refractivity contribution in [1.29, 1.82) is 0 Å². The third kappa shape index (κ3) is 7.11. The molecule has 1 aliphatic rings. The van der Waals surface area contributed by atoms with Crippen LogP contribution >= 0.6 is 7.75 Å². The van der Waals surface area contributed by atoms with Crippen molar-refractivity contribution in [3.05, 3.63) is 63.4 Å². The molecule has 1 aliphatic heterocycles. The first kappa shape index (κ1) is 26.8. The van der Waals surface area contributed by atoms with Gasteiger partial charge in [-0.15, -0.1) is 0 Å². The number of carbonyl (C=O) groups excluding carboxylic acids is 1. The number of benzene rings is 1. The molecule has 11 nitrogen and oxygen atoms in total. The predicted molar refractivity (Wildman–Crippen MR) is 124 cm³/mol. The third-order valence-electron chi connectivity index (χ3n) is 5.02. The molecule has 2 heterocycles. The molecular weight excluding hydrogens is 484 g/mol. The minimum absolute atomic E-state index is 0.195. The van der Waals surface area contributed by atoms with Crippen molar-refractivity contribution in [2.75, 3.05) is 6.61 Å². The highest BCUT2D eigenvalue weighted by Gasteiger charge is 2.48. The summed E-state index contributed by atoms with van der Waals surface area (Å²) in [5, 5.41) is 2.54. The van der Waals surface area contributed by atoms with Gasteiger partial charge in [0.2, 0.25) is 0 Å². The quantitative estimate of drug-likeness (QED) is 0.363. The van der Waals surface area contributed by atoms with Crippen molar-refractivity contribution in [2.45, 2.75) is 64.3 Å². The zero-order valence-electron chi connectivity index (χ0n) is 19.8. The second-order valence-electron chi connectivity index (χ2n) is 8.64. The third-order valence-corrected chi connectivity index (χ3v) is 6.67. The number of nitrogens with one attached hydrogen (secondary N) is 2. The highest BCUT2D eigenvalue weighted by Crippen LogP contribution is 2.47. The summed E-state index contributed by atoms with van der Waals surface area (Å²) in [7, 11) is -4.17. The zero-order valence-corrected chi connectivity index (χ0v) is 20.7. The highest BCUT2D eigenvalue weighted by molar-refractivity contribution is 7.52.